The van der Waals surface area contributed by atoms with Gasteiger partial charge in [-0.25, -0.2) is 4.39 Å². The van der Waals surface area contributed by atoms with E-state index < -0.39 is 0 Å². The molecule has 0 aliphatic rings. The highest BCUT2D eigenvalue weighted by molar-refractivity contribution is 6.30. The molecule has 0 radical (unpaired) electrons. The normalized spacial score (nSPS) is 12.4. The second-order valence-corrected chi connectivity index (χ2v) is 5.11. The van der Waals surface area contributed by atoms with Crippen molar-refractivity contribution in [3.63, 3.8) is 0 Å². The number of halogens is 2. The predicted octanol–water partition coefficient (Wildman–Crippen LogP) is 3.98. The lowest BCUT2D eigenvalue weighted by Gasteiger charge is -2.12. The summed E-state index contributed by atoms with van der Waals surface area (Å²) in [6.45, 7) is 0. The third kappa shape index (κ3) is 4.05. The third-order valence-electron chi connectivity index (χ3n) is 3.16. The Hall–Kier alpha value is -1.38. The van der Waals surface area contributed by atoms with Gasteiger partial charge in [0.05, 0.1) is 5.02 Å². The Kier molecular flexibility index (Phi) is 4.94. The molecule has 0 aromatic heterocycles. The molecule has 0 saturated carbocycles. The molecule has 1 atom stereocenters. The Morgan fingerprint density at radius 1 is 1.05 bits per heavy atom. The van der Waals surface area contributed by atoms with Crippen LogP contribution in [0.2, 0.25) is 5.02 Å². The Labute approximate surface area is 118 Å². The van der Waals surface area contributed by atoms with E-state index in [0.29, 0.717) is 12.0 Å². The summed E-state index contributed by atoms with van der Waals surface area (Å²) in [5, 5.41) is 0.160. The van der Waals surface area contributed by atoms with Crippen molar-refractivity contribution in [3.8, 4) is 0 Å². The molecule has 19 heavy (non-hydrogen) atoms. The maximum Gasteiger partial charge on any atom is 0.145 e. The molecule has 0 heterocycles. The fourth-order valence-corrected chi connectivity index (χ4v) is 2.28. The summed E-state index contributed by atoms with van der Waals surface area (Å²) in [5.41, 5.74) is 7.91. The number of hydrogen-bond donors (Lipinski definition) is 1. The summed E-state index contributed by atoms with van der Waals surface area (Å²) in [5.74, 6) is -0.348. The summed E-state index contributed by atoms with van der Waals surface area (Å²) in [7, 11) is 0. The molecule has 2 N–H and O–H groups in total. The standard InChI is InChI=1S/C16H17ClFN/c17-15-8-4-7-13(16(15)18)11-14(19)10-9-12-5-2-1-3-6-12/h1-8,14H,9-11,19H2. The summed E-state index contributed by atoms with van der Waals surface area (Å²) in [6, 6.07) is 15.1. The van der Waals surface area contributed by atoms with Crippen LogP contribution in [0.1, 0.15) is 17.5 Å². The van der Waals surface area contributed by atoms with Crippen molar-refractivity contribution >= 4 is 11.6 Å². The van der Waals surface area contributed by atoms with E-state index in [1.165, 1.54) is 5.56 Å². The molecule has 0 aliphatic heterocycles. The predicted molar refractivity (Wildman–Crippen MR) is 77.9 cm³/mol. The third-order valence-corrected chi connectivity index (χ3v) is 3.45. The number of aryl methyl sites for hydroxylation is 1. The molecule has 1 unspecified atom stereocenters. The van der Waals surface area contributed by atoms with E-state index in [4.69, 9.17) is 17.3 Å². The monoisotopic (exact) mass is 277 g/mol. The molecular formula is C16H17ClFN. The molecule has 3 heteroatoms. The number of nitrogens with two attached hydrogens (primary N) is 1. The fourth-order valence-electron chi connectivity index (χ4n) is 2.09. The highest BCUT2D eigenvalue weighted by Gasteiger charge is 2.10. The molecule has 2 aromatic carbocycles. The fraction of sp³-hybridized carbons (Fsp3) is 0.250. The van der Waals surface area contributed by atoms with Gasteiger partial charge in [0.25, 0.3) is 0 Å². The zero-order chi connectivity index (χ0) is 13.7. The lowest BCUT2D eigenvalue weighted by Crippen LogP contribution is -2.24. The topological polar surface area (TPSA) is 26.0 Å². The average Bonchev–Trinajstić information content (AvgIpc) is 2.43. The Balaban J connectivity index is 1.91. The highest BCUT2D eigenvalue weighted by Crippen LogP contribution is 2.19. The number of benzene rings is 2. The van der Waals surface area contributed by atoms with Gasteiger partial charge in [-0.05, 0) is 36.5 Å². The Bertz CT molecular complexity index is 528. The molecule has 1 nitrogen and oxygen atoms in total. The first-order chi connectivity index (χ1) is 9.16. The van der Waals surface area contributed by atoms with Crippen LogP contribution in [-0.2, 0) is 12.8 Å². The van der Waals surface area contributed by atoms with Crippen LogP contribution in [0, 0.1) is 5.82 Å². The van der Waals surface area contributed by atoms with Crippen LogP contribution in [0.5, 0.6) is 0 Å². The van der Waals surface area contributed by atoms with Crippen LogP contribution in [0.15, 0.2) is 48.5 Å². The van der Waals surface area contributed by atoms with Crippen molar-refractivity contribution in [2.75, 3.05) is 0 Å². The Morgan fingerprint density at radius 3 is 2.53 bits per heavy atom. The molecule has 0 amide bonds. The highest BCUT2D eigenvalue weighted by atomic mass is 35.5. The van der Waals surface area contributed by atoms with Crippen LogP contribution < -0.4 is 5.73 Å². The minimum Gasteiger partial charge on any atom is -0.327 e. The van der Waals surface area contributed by atoms with Gasteiger partial charge in [-0.3, -0.25) is 0 Å². The first-order valence-electron chi connectivity index (χ1n) is 6.39. The molecule has 2 aromatic rings. The van der Waals surface area contributed by atoms with Gasteiger partial charge in [-0.1, -0.05) is 54.1 Å². The van der Waals surface area contributed by atoms with Crippen molar-refractivity contribution < 1.29 is 4.39 Å². The van der Waals surface area contributed by atoms with Crippen LogP contribution >= 0.6 is 11.6 Å². The van der Waals surface area contributed by atoms with E-state index in [9.17, 15) is 4.39 Å². The lowest BCUT2D eigenvalue weighted by atomic mass is 9.99. The van der Waals surface area contributed by atoms with Crippen molar-refractivity contribution in [1.29, 1.82) is 0 Å². The minimum atomic E-state index is -0.348. The molecule has 2 rings (SSSR count). The largest absolute Gasteiger partial charge is 0.327 e. The van der Waals surface area contributed by atoms with Crippen molar-refractivity contribution in [2.24, 2.45) is 5.73 Å². The lowest BCUT2D eigenvalue weighted by molar-refractivity contribution is 0.566. The smallest absolute Gasteiger partial charge is 0.145 e. The van der Waals surface area contributed by atoms with Crippen molar-refractivity contribution in [2.45, 2.75) is 25.3 Å². The van der Waals surface area contributed by atoms with Gasteiger partial charge in [0.15, 0.2) is 0 Å². The zero-order valence-electron chi connectivity index (χ0n) is 10.7. The second kappa shape index (κ2) is 6.69. The van der Waals surface area contributed by atoms with E-state index in [2.05, 4.69) is 12.1 Å². The van der Waals surface area contributed by atoms with E-state index in [0.717, 1.165) is 12.8 Å². The minimum absolute atomic E-state index is 0.0619. The van der Waals surface area contributed by atoms with Crippen LogP contribution in [0.3, 0.4) is 0 Å². The van der Waals surface area contributed by atoms with Crippen molar-refractivity contribution in [3.05, 3.63) is 70.5 Å². The van der Waals surface area contributed by atoms with Gasteiger partial charge in [0.2, 0.25) is 0 Å². The molecule has 0 saturated heterocycles. The van der Waals surface area contributed by atoms with Crippen LogP contribution in [0.25, 0.3) is 0 Å². The zero-order valence-corrected chi connectivity index (χ0v) is 11.4. The maximum atomic E-state index is 13.7. The van der Waals surface area contributed by atoms with E-state index >= 15 is 0 Å². The van der Waals surface area contributed by atoms with Crippen LogP contribution in [0.4, 0.5) is 4.39 Å². The van der Waals surface area contributed by atoms with Gasteiger partial charge >= 0.3 is 0 Å². The molecule has 0 bridgehead atoms. The number of rotatable bonds is 5. The average molecular weight is 278 g/mol. The quantitative estimate of drug-likeness (QED) is 0.879. The summed E-state index contributed by atoms with van der Waals surface area (Å²) in [4.78, 5) is 0. The van der Waals surface area contributed by atoms with Gasteiger partial charge in [-0.2, -0.15) is 0 Å². The molecule has 0 aliphatic carbocycles. The van der Waals surface area contributed by atoms with E-state index in [1.807, 2.05) is 18.2 Å². The molecule has 0 spiro atoms. The first kappa shape index (κ1) is 14.0. The van der Waals surface area contributed by atoms with Gasteiger partial charge in [0, 0.05) is 6.04 Å². The van der Waals surface area contributed by atoms with E-state index in [-0.39, 0.29) is 16.9 Å². The second-order valence-electron chi connectivity index (χ2n) is 4.70. The SMILES string of the molecule is NC(CCc1ccccc1)Cc1cccc(Cl)c1F. The maximum absolute atomic E-state index is 13.7. The molecule has 0 fully saturated rings. The van der Waals surface area contributed by atoms with Gasteiger partial charge < -0.3 is 5.73 Å². The van der Waals surface area contributed by atoms with Crippen molar-refractivity contribution in [1.82, 2.24) is 0 Å². The first-order valence-corrected chi connectivity index (χ1v) is 6.77. The summed E-state index contributed by atoms with van der Waals surface area (Å²) < 4.78 is 13.7. The van der Waals surface area contributed by atoms with E-state index in [1.54, 1.807) is 18.2 Å². The van der Waals surface area contributed by atoms with Crippen LogP contribution in [-0.4, -0.2) is 6.04 Å². The summed E-state index contributed by atoms with van der Waals surface area (Å²) >= 11 is 5.75. The van der Waals surface area contributed by atoms with Gasteiger partial charge in [-0.15, -0.1) is 0 Å². The van der Waals surface area contributed by atoms with Gasteiger partial charge in [0.1, 0.15) is 5.82 Å². The molecule has 100 valence electrons. The number of hydrogen-bond acceptors (Lipinski definition) is 1. The summed E-state index contributed by atoms with van der Waals surface area (Å²) in [6.07, 6.45) is 2.25. The molecular weight excluding hydrogens is 261 g/mol. The Morgan fingerprint density at radius 2 is 1.79 bits per heavy atom.